The van der Waals surface area contributed by atoms with Crippen LogP contribution in [0, 0.1) is 0 Å². The van der Waals surface area contributed by atoms with Crippen molar-refractivity contribution in [3.8, 4) is 0 Å². The molecule has 0 heterocycles. The minimum Gasteiger partial charge on any atom is -0.392 e. The minimum atomic E-state index is -2.87. The lowest BCUT2D eigenvalue weighted by Gasteiger charge is -2.19. The Hall–Kier alpha value is -0.910. The van der Waals surface area contributed by atoms with E-state index in [1.165, 1.54) is 0 Å². The highest BCUT2D eigenvalue weighted by Gasteiger charge is 2.39. The molecule has 1 unspecified atom stereocenters. The highest BCUT2D eigenvalue weighted by Crippen LogP contribution is 2.36. The Morgan fingerprint density at radius 1 is 1.00 bits per heavy atom. The lowest BCUT2D eigenvalue weighted by molar-refractivity contribution is 0.164. The van der Waals surface area contributed by atoms with Crippen LogP contribution in [0.4, 0.5) is 22.0 Å². The van der Waals surface area contributed by atoms with Gasteiger partial charge in [-0.3, -0.25) is 0 Å². The van der Waals surface area contributed by atoms with Crippen molar-refractivity contribution in [3.05, 3.63) is 23.1 Å². The zero-order valence-corrected chi connectivity index (χ0v) is 6.20. The molecule has 1 aliphatic carbocycles. The smallest absolute Gasteiger partial charge is 0.193 e. The van der Waals surface area contributed by atoms with Crippen LogP contribution < -0.4 is 0 Å². The van der Waals surface area contributed by atoms with Crippen LogP contribution >= 0.6 is 0 Å². The fraction of sp³-hybridized carbons (Fsp3) is 0.429. The Balaban J connectivity index is 3.19. The van der Waals surface area contributed by atoms with Crippen molar-refractivity contribution in [1.29, 1.82) is 0 Å². The monoisotopic (exact) mass is 200 g/mol. The second kappa shape index (κ2) is 3.45. The molecule has 0 aromatic carbocycles. The normalized spacial score (nSPS) is 30.0. The minimum absolute atomic E-state index is 1.11. The summed E-state index contributed by atoms with van der Waals surface area (Å²) in [5, 5.41) is 8.34. The number of hydrogen-bond acceptors (Lipinski definition) is 1. The first-order valence-electron chi connectivity index (χ1n) is 3.33. The van der Waals surface area contributed by atoms with Gasteiger partial charge in [0.15, 0.2) is 29.8 Å². The van der Waals surface area contributed by atoms with Gasteiger partial charge in [-0.15, -0.1) is 0 Å². The predicted octanol–water partition coefficient (Wildman–Crippen LogP) is 2.04. The van der Waals surface area contributed by atoms with E-state index in [9.17, 15) is 22.0 Å². The summed E-state index contributed by atoms with van der Waals surface area (Å²) in [5.74, 6) is -6.05. The van der Waals surface area contributed by atoms with E-state index in [-0.39, 0.29) is 0 Å². The molecule has 0 spiro atoms. The van der Waals surface area contributed by atoms with E-state index >= 15 is 0 Å². The van der Waals surface area contributed by atoms with Crippen LogP contribution in [0.2, 0.25) is 0 Å². The van der Waals surface area contributed by atoms with Gasteiger partial charge in [-0.05, 0) is 0 Å². The maximum Gasteiger partial charge on any atom is 0.193 e. The van der Waals surface area contributed by atoms with Crippen molar-refractivity contribution in [3.63, 3.8) is 0 Å². The van der Waals surface area contributed by atoms with Crippen molar-refractivity contribution in [2.45, 2.75) is 12.3 Å². The molecule has 1 aliphatic rings. The number of alkyl halides is 2. The number of hydrogen-bond donors (Lipinski definition) is 1. The van der Waals surface area contributed by atoms with Crippen LogP contribution in [0.5, 0.6) is 0 Å². The summed E-state index contributed by atoms with van der Waals surface area (Å²) in [7, 11) is 0. The van der Waals surface area contributed by atoms with Gasteiger partial charge in [0.25, 0.3) is 0 Å². The van der Waals surface area contributed by atoms with Gasteiger partial charge in [-0.2, -0.15) is 0 Å². The van der Waals surface area contributed by atoms with E-state index in [2.05, 4.69) is 0 Å². The Morgan fingerprint density at radius 3 is 2.00 bits per heavy atom. The number of aliphatic hydroxyl groups is 1. The Labute approximate surface area is 70.2 Å². The standard InChI is InChI=1S/C7H5F5O/c8-3-2(1-13)4(9)6(11)7(12)5(3)10/h3,5,13H,1H2/t3-,5?/m0/s1. The largest absolute Gasteiger partial charge is 0.392 e. The summed E-state index contributed by atoms with van der Waals surface area (Å²) in [6.07, 6.45) is -5.54. The Morgan fingerprint density at radius 2 is 1.54 bits per heavy atom. The summed E-state index contributed by atoms with van der Waals surface area (Å²) in [4.78, 5) is 0. The maximum atomic E-state index is 12.6. The summed E-state index contributed by atoms with van der Waals surface area (Å²) < 4.78 is 62.4. The van der Waals surface area contributed by atoms with E-state index < -0.39 is 42.0 Å². The van der Waals surface area contributed by atoms with Crippen LogP contribution in [0.3, 0.4) is 0 Å². The molecule has 0 radical (unpaired) electrons. The van der Waals surface area contributed by atoms with Gasteiger partial charge in [-0.1, -0.05) is 0 Å². The summed E-state index contributed by atoms with van der Waals surface area (Å²) in [6, 6.07) is 0. The topological polar surface area (TPSA) is 20.2 Å². The SMILES string of the molecule is OCC1=C(F)C(F)=C(F)C(F)[C@H]1F. The number of allylic oxidation sites excluding steroid dienone is 3. The highest BCUT2D eigenvalue weighted by molar-refractivity contribution is 5.37. The fourth-order valence-corrected chi connectivity index (χ4v) is 0.950. The molecular weight excluding hydrogens is 195 g/mol. The van der Waals surface area contributed by atoms with Crippen LogP contribution in [0.15, 0.2) is 23.1 Å². The Bertz CT molecular complexity index is 283. The third kappa shape index (κ3) is 1.46. The Kier molecular flexibility index (Phi) is 2.70. The molecule has 13 heavy (non-hydrogen) atoms. The van der Waals surface area contributed by atoms with Crippen LogP contribution in [0.25, 0.3) is 0 Å². The number of aliphatic hydroxyl groups excluding tert-OH is 1. The van der Waals surface area contributed by atoms with E-state index in [4.69, 9.17) is 5.11 Å². The second-order valence-electron chi connectivity index (χ2n) is 2.46. The first-order chi connectivity index (χ1) is 6.00. The van der Waals surface area contributed by atoms with Gasteiger partial charge >= 0.3 is 0 Å². The molecular formula is C7H5F5O. The molecule has 0 fully saturated rings. The molecule has 0 saturated carbocycles. The number of halogens is 5. The summed E-state index contributed by atoms with van der Waals surface area (Å²) >= 11 is 0. The fourth-order valence-electron chi connectivity index (χ4n) is 0.950. The molecule has 0 aromatic rings. The molecule has 0 aliphatic heterocycles. The third-order valence-electron chi connectivity index (χ3n) is 1.69. The zero-order valence-electron chi connectivity index (χ0n) is 6.20. The molecule has 0 bridgehead atoms. The van der Waals surface area contributed by atoms with Crippen molar-refractivity contribution in [2.75, 3.05) is 6.61 Å². The van der Waals surface area contributed by atoms with Gasteiger partial charge in [-0.25, -0.2) is 22.0 Å². The molecule has 74 valence electrons. The molecule has 1 rings (SSSR count). The van der Waals surface area contributed by atoms with E-state index in [0.717, 1.165) is 0 Å². The van der Waals surface area contributed by atoms with Gasteiger partial charge in [0, 0.05) is 5.57 Å². The molecule has 0 amide bonds. The van der Waals surface area contributed by atoms with E-state index in [1.807, 2.05) is 0 Å². The van der Waals surface area contributed by atoms with Gasteiger partial charge < -0.3 is 5.11 Å². The zero-order chi connectivity index (χ0) is 10.2. The van der Waals surface area contributed by atoms with Crippen molar-refractivity contribution in [1.82, 2.24) is 0 Å². The quantitative estimate of drug-likeness (QED) is 0.642. The third-order valence-corrected chi connectivity index (χ3v) is 1.69. The van der Waals surface area contributed by atoms with E-state index in [1.54, 1.807) is 0 Å². The average molecular weight is 200 g/mol. The lowest BCUT2D eigenvalue weighted by atomic mass is 9.99. The molecule has 1 N–H and O–H groups in total. The molecule has 6 heteroatoms. The lowest BCUT2D eigenvalue weighted by Crippen LogP contribution is -2.27. The van der Waals surface area contributed by atoms with Crippen molar-refractivity contribution in [2.24, 2.45) is 0 Å². The average Bonchev–Trinajstić information content (AvgIpc) is 2.13. The van der Waals surface area contributed by atoms with Gasteiger partial charge in [0.2, 0.25) is 0 Å². The van der Waals surface area contributed by atoms with Gasteiger partial charge in [0.1, 0.15) is 0 Å². The second-order valence-corrected chi connectivity index (χ2v) is 2.46. The van der Waals surface area contributed by atoms with E-state index in [0.29, 0.717) is 0 Å². The van der Waals surface area contributed by atoms with Crippen LogP contribution in [0.1, 0.15) is 0 Å². The van der Waals surface area contributed by atoms with Crippen LogP contribution in [-0.2, 0) is 0 Å². The molecule has 0 aromatic heterocycles. The van der Waals surface area contributed by atoms with Crippen molar-refractivity contribution >= 4 is 0 Å². The first kappa shape index (κ1) is 10.2. The van der Waals surface area contributed by atoms with Gasteiger partial charge in [0.05, 0.1) is 6.61 Å². The molecule has 2 atom stereocenters. The summed E-state index contributed by atoms with van der Waals surface area (Å²) in [6.45, 7) is -1.19. The summed E-state index contributed by atoms with van der Waals surface area (Å²) in [5.41, 5.74) is -1.11. The first-order valence-corrected chi connectivity index (χ1v) is 3.33. The highest BCUT2D eigenvalue weighted by atomic mass is 19.2. The predicted molar refractivity (Wildman–Crippen MR) is 34.3 cm³/mol. The van der Waals surface area contributed by atoms with Crippen molar-refractivity contribution < 1.29 is 27.1 Å². The molecule has 1 nitrogen and oxygen atoms in total. The molecule has 0 saturated heterocycles. The van der Waals surface area contributed by atoms with Crippen LogP contribution in [-0.4, -0.2) is 24.1 Å². The maximum absolute atomic E-state index is 12.6. The number of rotatable bonds is 1.